The summed E-state index contributed by atoms with van der Waals surface area (Å²) in [4.78, 5) is 18.0. The summed E-state index contributed by atoms with van der Waals surface area (Å²) < 4.78 is 0. The van der Waals surface area contributed by atoms with Crippen LogP contribution in [0, 0.1) is 17.2 Å². The second-order valence-corrected chi connectivity index (χ2v) is 8.53. The molecule has 6 rings (SSSR count). The molecule has 0 radical (unpaired) electrons. The summed E-state index contributed by atoms with van der Waals surface area (Å²) in [5, 5.41) is 9.15. The average Bonchev–Trinajstić information content (AvgIpc) is 2.96. The maximum absolute atomic E-state index is 13.2. The molecule has 2 bridgehead atoms. The lowest BCUT2D eigenvalue weighted by Crippen LogP contribution is -2.48. The van der Waals surface area contributed by atoms with Gasteiger partial charge in [0.1, 0.15) is 0 Å². The molecule has 4 heteroatoms. The Kier molecular flexibility index (Phi) is 4.41. The van der Waals surface area contributed by atoms with E-state index in [0.717, 1.165) is 38.9 Å². The fourth-order valence-electron chi connectivity index (χ4n) is 5.35. The van der Waals surface area contributed by atoms with Gasteiger partial charge in [-0.15, -0.1) is 0 Å². The largest absolute Gasteiger partial charge is 0.334 e. The Balaban J connectivity index is 1.34. The molecule has 0 saturated carbocycles. The molecule has 142 valence electrons. The number of carbonyl (C=O) groups excluding carboxylic acids is 1. The molecule has 2 atom stereocenters. The predicted octanol–water partition coefficient (Wildman–Crippen LogP) is 3.26. The Morgan fingerprint density at radius 3 is 2.46 bits per heavy atom. The van der Waals surface area contributed by atoms with Crippen molar-refractivity contribution < 1.29 is 4.79 Å². The molecule has 2 aromatic carbocycles. The van der Waals surface area contributed by atoms with E-state index in [4.69, 9.17) is 5.26 Å². The van der Waals surface area contributed by atoms with Crippen molar-refractivity contribution in [1.82, 2.24) is 9.80 Å². The number of nitrogens with zero attached hydrogens (tertiary/aromatic N) is 3. The van der Waals surface area contributed by atoms with Crippen molar-refractivity contribution in [2.45, 2.75) is 37.8 Å². The molecule has 3 aliphatic heterocycles. The Hall–Kier alpha value is -2.64. The van der Waals surface area contributed by atoms with Gasteiger partial charge in [-0.25, -0.2) is 0 Å². The van der Waals surface area contributed by atoms with Crippen molar-refractivity contribution in [2.75, 3.05) is 19.6 Å². The Morgan fingerprint density at radius 2 is 1.71 bits per heavy atom. The minimum atomic E-state index is 0.0864. The van der Waals surface area contributed by atoms with Crippen LogP contribution in [0.1, 0.15) is 39.9 Å². The van der Waals surface area contributed by atoms with Gasteiger partial charge >= 0.3 is 0 Å². The number of hydrogen-bond donors (Lipinski definition) is 0. The maximum Gasteiger partial charge on any atom is 0.254 e. The molecule has 0 aromatic heterocycles. The normalized spacial score (nSPS) is 24.6. The Morgan fingerprint density at radius 1 is 0.929 bits per heavy atom. The maximum atomic E-state index is 13.2. The number of nitriles is 1. The van der Waals surface area contributed by atoms with E-state index in [1.165, 1.54) is 17.5 Å². The van der Waals surface area contributed by atoms with E-state index in [1.54, 1.807) is 12.1 Å². The van der Waals surface area contributed by atoms with Crippen molar-refractivity contribution in [2.24, 2.45) is 5.92 Å². The van der Waals surface area contributed by atoms with E-state index in [0.29, 0.717) is 23.1 Å². The fourth-order valence-corrected chi connectivity index (χ4v) is 5.35. The van der Waals surface area contributed by atoms with E-state index in [-0.39, 0.29) is 11.9 Å². The third kappa shape index (κ3) is 3.10. The number of rotatable bonds is 2. The van der Waals surface area contributed by atoms with Gasteiger partial charge in [-0.2, -0.15) is 5.26 Å². The van der Waals surface area contributed by atoms with Gasteiger partial charge in [0.05, 0.1) is 11.6 Å². The monoisotopic (exact) mass is 371 g/mol. The van der Waals surface area contributed by atoms with E-state index in [1.807, 2.05) is 12.1 Å². The molecular weight excluding hydrogens is 346 g/mol. The molecule has 1 amide bonds. The third-order valence-corrected chi connectivity index (χ3v) is 6.79. The molecule has 4 aliphatic rings. The third-order valence-electron chi connectivity index (χ3n) is 6.79. The highest BCUT2D eigenvalue weighted by atomic mass is 16.2. The second-order valence-electron chi connectivity index (χ2n) is 8.53. The topological polar surface area (TPSA) is 47.3 Å². The van der Waals surface area contributed by atoms with E-state index in [9.17, 15) is 4.79 Å². The molecule has 2 aromatic rings. The fraction of sp³-hybridized carbons (Fsp3) is 0.417. The lowest BCUT2D eigenvalue weighted by atomic mass is 9.94. The quantitative estimate of drug-likeness (QED) is 0.814. The number of fused-ring (bicyclic) bond motifs is 5. The highest BCUT2D eigenvalue weighted by Gasteiger charge is 2.40. The van der Waals surface area contributed by atoms with Gasteiger partial charge in [0.25, 0.3) is 5.91 Å². The second kappa shape index (κ2) is 7.07. The SMILES string of the molecule is N#Cc1cccc(C(=O)N2C[C@H]3CC[C@@H]2CN(C2Cc4ccccc4C2)C3)c1. The van der Waals surface area contributed by atoms with Gasteiger partial charge in [-0.3, -0.25) is 9.69 Å². The van der Waals surface area contributed by atoms with Crippen LogP contribution in [0.15, 0.2) is 48.5 Å². The van der Waals surface area contributed by atoms with E-state index >= 15 is 0 Å². The van der Waals surface area contributed by atoms with E-state index in [2.05, 4.69) is 40.1 Å². The molecule has 0 N–H and O–H groups in total. The summed E-state index contributed by atoms with van der Waals surface area (Å²) in [7, 11) is 0. The van der Waals surface area contributed by atoms with Gasteiger partial charge in [-0.05, 0) is 60.9 Å². The molecule has 3 fully saturated rings. The lowest BCUT2D eigenvalue weighted by molar-refractivity contribution is 0.0581. The highest BCUT2D eigenvalue weighted by molar-refractivity contribution is 5.95. The van der Waals surface area contributed by atoms with Crippen LogP contribution in [0.4, 0.5) is 0 Å². The minimum Gasteiger partial charge on any atom is -0.334 e. The zero-order chi connectivity index (χ0) is 19.1. The first-order valence-electron chi connectivity index (χ1n) is 10.3. The molecule has 28 heavy (non-hydrogen) atoms. The van der Waals surface area contributed by atoms with Crippen LogP contribution >= 0.6 is 0 Å². The molecule has 1 aliphatic carbocycles. The first-order chi connectivity index (χ1) is 13.7. The van der Waals surface area contributed by atoms with Gasteiger partial charge < -0.3 is 4.90 Å². The number of benzene rings is 2. The van der Waals surface area contributed by atoms with Crippen LogP contribution in [0.25, 0.3) is 0 Å². The molecule has 3 saturated heterocycles. The van der Waals surface area contributed by atoms with Crippen LogP contribution in [0.5, 0.6) is 0 Å². The molecule has 4 nitrogen and oxygen atoms in total. The number of amides is 1. The molecular formula is C24H25N3O. The van der Waals surface area contributed by atoms with Crippen LogP contribution in [-0.2, 0) is 12.8 Å². The first-order valence-corrected chi connectivity index (χ1v) is 10.3. The van der Waals surface area contributed by atoms with Crippen molar-refractivity contribution in [1.29, 1.82) is 5.26 Å². The zero-order valence-electron chi connectivity index (χ0n) is 16.1. The van der Waals surface area contributed by atoms with Crippen LogP contribution in [-0.4, -0.2) is 47.4 Å². The van der Waals surface area contributed by atoms with Gasteiger partial charge in [0.2, 0.25) is 0 Å². The number of piperidine rings is 1. The Bertz CT molecular complexity index is 922. The Labute approximate surface area is 166 Å². The summed E-state index contributed by atoms with van der Waals surface area (Å²) in [6.07, 6.45) is 4.56. The van der Waals surface area contributed by atoms with Gasteiger partial charge in [0, 0.05) is 37.3 Å². The zero-order valence-corrected chi connectivity index (χ0v) is 16.1. The van der Waals surface area contributed by atoms with Gasteiger partial charge in [-0.1, -0.05) is 30.3 Å². The standard InChI is InChI=1S/C24H25N3O/c25-13-17-4-3-7-21(10-17)24(28)27-15-18-8-9-22(27)16-26(14-18)23-11-19-5-1-2-6-20(19)12-23/h1-7,10,18,22-23H,8-9,11-12,14-16H2/t18-,22+/m0/s1. The van der Waals surface area contributed by atoms with Crippen molar-refractivity contribution in [3.63, 3.8) is 0 Å². The van der Waals surface area contributed by atoms with Crippen LogP contribution in [0.2, 0.25) is 0 Å². The lowest BCUT2D eigenvalue weighted by Gasteiger charge is -2.36. The van der Waals surface area contributed by atoms with Crippen molar-refractivity contribution in [3.8, 4) is 6.07 Å². The van der Waals surface area contributed by atoms with Crippen molar-refractivity contribution in [3.05, 3.63) is 70.8 Å². The predicted molar refractivity (Wildman–Crippen MR) is 108 cm³/mol. The molecule has 0 spiro atoms. The first kappa shape index (κ1) is 17.5. The number of hydrogen-bond acceptors (Lipinski definition) is 3. The summed E-state index contributed by atoms with van der Waals surface area (Å²) in [6, 6.07) is 18.9. The van der Waals surface area contributed by atoms with E-state index < -0.39 is 0 Å². The smallest absolute Gasteiger partial charge is 0.254 e. The molecule has 3 heterocycles. The summed E-state index contributed by atoms with van der Waals surface area (Å²) in [5.41, 5.74) is 4.18. The highest BCUT2D eigenvalue weighted by Crippen LogP contribution is 2.33. The summed E-state index contributed by atoms with van der Waals surface area (Å²) >= 11 is 0. The van der Waals surface area contributed by atoms with Crippen LogP contribution in [0.3, 0.4) is 0 Å². The minimum absolute atomic E-state index is 0.0864. The summed E-state index contributed by atoms with van der Waals surface area (Å²) in [5.74, 6) is 0.633. The number of carbonyl (C=O) groups is 1. The average molecular weight is 371 g/mol. The van der Waals surface area contributed by atoms with Crippen molar-refractivity contribution >= 4 is 5.91 Å². The van der Waals surface area contributed by atoms with Crippen LogP contribution < -0.4 is 0 Å². The summed E-state index contributed by atoms with van der Waals surface area (Å²) in [6.45, 7) is 2.91. The molecule has 0 unspecified atom stereocenters. The van der Waals surface area contributed by atoms with Gasteiger partial charge in [0.15, 0.2) is 0 Å².